The molecule has 0 aliphatic rings. The lowest BCUT2D eigenvalue weighted by molar-refractivity contribution is -0.118. The Morgan fingerprint density at radius 1 is 1.26 bits per heavy atom. The van der Waals surface area contributed by atoms with Gasteiger partial charge in [0.2, 0.25) is 5.91 Å². The van der Waals surface area contributed by atoms with Crippen molar-refractivity contribution in [3.8, 4) is 5.75 Å². The molecule has 3 N–H and O–H groups in total. The van der Waals surface area contributed by atoms with E-state index in [1.165, 1.54) is 12.5 Å². The van der Waals surface area contributed by atoms with Gasteiger partial charge in [-0.05, 0) is 38.5 Å². The average molecular weight is 320 g/mol. The van der Waals surface area contributed by atoms with E-state index in [9.17, 15) is 4.79 Å². The Balaban J connectivity index is 2.43. The minimum absolute atomic E-state index is 0.0254. The molecule has 1 atom stereocenters. The Labute approximate surface area is 138 Å². The maximum absolute atomic E-state index is 10.8. The zero-order chi connectivity index (χ0) is 17.1. The molecule has 0 radical (unpaired) electrons. The van der Waals surface area contributed by atoms with Crippen molar-refractivity contribution in [3.63, 3.8) is 0 Å². The van der Waals surface area contributed by atoms with Gasteiger partial charge in [-0.2, -0.15) is 0 Å². The summed E-state index contributed by atoms with van der Waals surface area (Å²) in [5.74, 6) is 1.54. The lowest BCUT2D eigenvalue weighted by Crippen LogP contribution is -2.41. The van der Waals surface area contributed by atoms with E-state index in [0.29, 0.717) is 19.6 Å². The van der Waals surface area contributed by atoms with Crippen LogP contribution < -0.4 is 20.7 Å². The monoisotopic (exact) mass is 320 g/mol. The van der Waals surface area contributed by atoms with Crippen molar-refractivity contribution >= 4 is 11.9 Å². The summed E-state index contributed by atoms with van der Waals surface area (Å²) in [5.41, 5.74) is 1.17. The van der Waals surface area contributed by atoms with Gasteiger partial charge in [-0.15, -0.1) is 0 Å². The predicted molar refractivity (Wildman–Crippen MR) is 93.9 cm³/mol. The van der Waals surface area contributed by atoms with Crippen LogP contribution in [0, 0.1) is 6.92 Å². The molecule has 6 heteroatoms. The smallest absolute Gasteiger partial charge is 0.216 e. The molecule has 0 heterocycles. The number of benzene rings is 1. The molecule has 0 fully saturated rings. The zero-order valence-corrected chi connectivity index (χ0v) is 14.5. The molecule has 6 nitrogen and oxygen atoms in total. The van der Waals surface area contributed by atoms with Crippen LogP contribution >= 0.6 is 0 Å². The lowest BCUT2D eigenvalue weighted by Gasteiger charge is -2.15. The van der Waals surface area contributed by atoms with Crippen molar-refractivity contribution in [1.29, 1.82) is 0 Å². The third-order valence-electron chi connectivity index (χ3n) is 2.97. The maximum atomic E-state index is 10.8. The number of hydrogen-bond acceptors (Lipinski definition) is 3. The highest BCUT2D eigenvalue weighted by Crippen LogP contribution is 2.14. The molecule has 0 saturated heterocycles. The van der Waals surface area contributed by atoms with Crippen LogP contribution in [-0.4, -0.2) is 44.1 Å². The molecule has 128 valence electrons. The Kier molecular flexibility index (Phi) is 8.57. The standard InChI is InChI=1S/C17H28N4O2/c1-5-18-17(20-10-9-19-15(4)22)21-12-14(3)23-16-8-6-7-13(2)11-16/h6-8,11,14H,5,9-10,12H2,1-4H3,(H,19,22)(H2,18,20,21). The van der Waals surface area contributed by atoms with Gasteiger partial charge in [-0.1, -0.05) is 12.1 Å². The molecule has 1 unspecified atom stereocenters. The van der Waals surface area contributed by atoms with Crippen LogP contribution in [0.5, 0.6) is 5.75 Å². The average Bonchev–Trinajstić information content (AvgIpc) is 2.48. The molecule has 0 saturated carbocycles. The second-order valence-corrected chi connectivity index (χ2v) is 5.37. The van der Waals surface area contributed by atoms with Crippen LogP contribution in [0.25, 0.3) is 0 Å². The third-order valence-corrected chi connectivity index (χ3v) is 2.97. The number of aliphatic imine (C=N–C) groups is 1. The number of carbonyl (C=O) groups excluding carboxylic acids is 1. The molecular formula is C17H28N4O2. The van der Waals surface area contributed by atoms with E-state index >= 15 is 0 Å². The van der Waals surface area contributed by atoms with Gasteiger partial charge in [0.05, 0.1) is 6.54 Å². The summed E-state index contributed by atoms with van der Waals surface area (Å²) in [7, 11) is 0. The van der Waals surface area contributed by atoms with Crippen molar-refractivity contribution in [1.82, 2.24) is 16.0 Å². The van der Waals surface area contributed by atoms with Crippen molar-refractivity contribution < 1.29 is 9.53 Å². The molecule has 1 aromatic carbocycles. The Morgan fingerprint density at radius 3 is 2.65 bits per heavy atom. The number of guanidine groups is 1. The van der Waals surface area contributed by atoms with Crippen LogP contribution in [0.4, 0.5) is 0 Å². The van der Waals surface area contributed by atoms with E-state index in [0.717, 1.165) is 18.3 Å². The van der Waals surface area contributed by atoms with E-state index < -0.39 is 0 Å². The van der Waals surface area contributed by atoms with Gasteiger partial charge in [0.15, 0.2) is 5.96 Å². The first kappa shape index (κ1) is 18.8. The van der Waals surface area contributed by atoms with Crippen molar-refractivity contribution in [2.75, 3.05) is 26.2 Å². The largest absolute Gasteiger partial charge is 0.489 e. The van der Waals surface area contributed by atoms with Crippen LogP contribution in [0.3, 0.4) is 0 Å². The summed E-state index contributed by atoms with van der Waals surface area (Å²) in [4.78, 5) is 15.3. The highest BCUT2D eigenvalue weighted by molar-refractivity contribution is 5.79. The number of aryl methyl sites for hydroxylation is 1. The number of nitrogens with one attached hydrogen (secondary N) is 3. The molecule has 0 aromatic heterocycles. The van der Waals surface area contributed by atoms with Gasteiger partial charge in [0, 0.05) is 26.6 Å². The molecule has 1 rings (SSSR count). The minimum Gasteiger partial charge on any atom is -0.489 e. The summed E-state index contributed by atoms with van der Waals surface area (Å²) in [6.45, 7) is 10.1. The Bertz CT molecular complexity index is 517. The van der Waals surface area contributed by atoms with Gasteiger partial charge < -0.3 is 20.7 Å². The van der Waals surface area contributed by atoms with Crippen LogP contribution in [0.1, 0.15) is 26.3 Å². The second kappa shape index (κ2) is 10.5. The normalized spacial score (nSPS) is 12.4. The number of carbonyl (C=O) groups is 1. The number of ether oxygens (including phenoxy) is 1. The van der Waals surface area contributed by atoms with E-state index in [1.807, 2.05) is 45.0 Å². The topological polar surface area (TPSA) is 74.8 Å². The molecule has 0 aliphatic heterocycles. The Hall–Kier alpha value is -2.24. The fourth-order valence-corrected chi connectivity index (χ4v) is 1.94. The van der Waals surface area contributed by atoms with Crippen molar-refractivity contribution in [3.05, 3.63) is 29.8 Å². The molecule has 1 aromatic rings. The number of hydrogen-bond donors (Lipinski definition) is 3. The molecule has 0 spiro atoms. The van der Waals surface area contributed by atoms with Crippen LogP contribution in [-0.2, 0) is 4.79 Å². The highest BCUT2D eigenvalue weighted by atomic mass is 16.5. The predicted octanol–water partition coefficient (Wildman–Crippen LogP) is 1.45. The number of nitrogens with zero attached hydrogens (tertiary/aromatic N) is 1. The number of amides is 1. The summed E-state index contributed by atoms with van der Waals surface area (Å²) in [5, 5.41) is 9.08. The second-order valence-electron chi connectivity index (χ2n) is 5.37. The quantitative estimate of drug-likeness (QED) is 0.385. The summed E-state index contributed by atoms with van der Waals surface area (Å²) >= 11 is 0. The first-order valence-electron chi connectivity index (χ1n) is 8.01. The van der Waals surface area contributed by atoms with Crippen molar-refractivity contribution in [2.45, 2.75) is 33.8 Å². The summed E-state index contributed by atoms with van der Waals surface area (Å²) in [6, 6.07) is 7.98. The van der Waals surface area contributed by atoms with E-state index in [-0.39, 0.29) is 12.0 Å². The molecule has 0 aliphatic carbocycles. The van der Waals surface area contributed by atoms with Crippen LogP contribution in [0.15, 0.2) is 29.3 Å². The van der Waals surface area contributed by atoms with Gasteiger partial charge >= 0.3 is 0 Å². The molecular weight excluding hydrogens is 292 g/mol. The van der Waals surface area contributed by atoms with Gasteiger partial charge in [-0.3, -0.25) is 4.79 Å². The maximum Gasteiger partial charge on any atom is 0.216 e. The Morgan fingerprint density at radius 2 is 2.00 bits per heavy atom. The first-order chi connectivity index (χ1) is 11.0. The first-order valence-corrected chi connectivity index (χ1v) is 8.01. The molecule has 1 amide bonds. The zero-order valence-electron chi connectivity index (χ0n) is 14.5. The van der Waals surface area contributed by atoms with Crippen LogP contribution in [0.2, 0.25) is 0 Å². The highest BCUT2D eigenvalue weighted by Gasteiger charge is 2.05. The summed E-state index contributed by atoms with van der Waals surface area (Å²) in [6.07, 6.45) is -0.0254. The van der Waals surface area contributed by atoms with Gasteiger partial charge in [-0.25, -0.2) is 4.99 Å². The third kappa shape index (κ3) is 8.70. The van der Waals surface area contributed by atoms with E-state index in [1.54, 1.807) is 0 Å². The number of rotatable bonds is 8. The minimum atomic E-state index is -0.0334. The van der Waals surface area contributed by atoms with Gasteiger partial charge in [0.25, 0.3) is 0 Å². The fraction of sp³-hybridized carbons (Fsp3) is 0.529. The molecule has 23 heavy (non-hydrogen) atoms. The lowest BCUT2D eigenvalue weighted by atomic mass is 10.2. The van der Waals surface area contributed by atoms with Crippen molar-refractivity contribution in [2.24, 2.45) is 4.99 Å². The summed E-state index contributed by atoms with van der Waals surface area (Å²) < 4.78 is 5.86. The van der Waals surface area contributed by atoms with Gasteiger partial charge in [0.1, 0.15) is 11.9 Å². The van der Waals surface area contributed by atoms with E-state index in [4.69, 9.17) is 4.74 Å². The SMILES string of the molecule is CCNC(=NCC(C)Oc1cccc(C)c1)NCCNC(C)=O. The van der Waals surface area contributed by atoms with E-state index in [2.05, 4.69) is 20.9 Å². The molecule has 0 bridgehead atoms. The fourth-order valence-electron chi connectivity index (χ4n) is 1.94.